The van der Waals surface area contributed by atoms with E-state index < -0.39 is 0 Å². The van der Waals surface area contributed by atoms with Crippen LogP contribution in [-0.4, -0.2) is 15.7 Å². The third-order valence-corrected chi connectivity index (χ3v) is 5.47. The molecule has 1 aliphatic carbocycles. The Bertz CT molecular complexity index is 732. The van der Waals surface area contributed by atoms with E-state index in [1.54, 1.807) is 34.4 Å². The number of carbonyl (C=O) groups is 1. The minimum Gasteiger partial charge on any atom is -0.311 e. The summed E-state index contributed by atoms with van der Waals surface area (Å²) in [6.45, 7) is 4.72. The lowest BCUT2D eigenvalue weighted by Gasteiger charge is -2.09. The number of aromatic nitrogens is 2. The van der Waals surface area contributed by atoms with Crippen LogP contribution in [-0.2, 0) is 11.3 Å². The summed E-state index contributed by atoms with van der Waals surface area (Å²) < 4.78 is 2.00. The summed E-state index contributed by atoms with van der Waals surface area (Å²) in [5, 5.41) is 9.28. The first-order valence-electron chi connectivity index (χ1n) is 7.27. The Balaban J connectivity index is 1.70. The maximum atomic E-state index is 12.6. The highest BCUT2D eigenvalue weighted by atomic mass is 35.5. The van der Waals surface area contributed by atoms with Crippen LogP contribution in [0.1, 0.15) is 18.7 Å². The van der Waals surface area contributed by atoms with Crippen molar-refractivity contribution in [2.24, 2.45) is 17.3 Å². The molecule has 3 rings (SSSR count). The zero-order valence-corrected chi connectivity index (χ0v) is 15.1. The van der Waals surface area contributed by atoms with Crippen molar-refractivity contribution in [3.63, 3.8) is 0 Å². The van der Waals surface area contributed by atoms with Crippen molar-refractivity contribution < 1.29 is 4.79 Å². The number of nitrogens with zero attached hydrogens (tertiary/aromatic N) is 2. The van der Waals surface area contributed by atoms with Crippen LogP contribution < -0.4 is 5.32 Å². The normalized spacial score (nSPS) is 21.7. The molecule has 1 fully saturated rings. The molecule has 0 spiro atoms. The van der Waals surface area contributed by atoms with Crippen molar-refractivity contribution in [3.05, 3.63) is 45.2 Å². The van der Waals surface area contributed by atoms with E-state index in [9.17, 15) is 4.79 Å². The Labute approximate surface area is 149 Å². The quantitative estimate of drug-likeness (QED) is 0.841. The monoisotopic (exact) mass is 369 g/mol. The van der Waals surface area contributed by atoms with E-state index in [1.165, 1.54) is 4.88 Å². The fraction of sp³-hybridized carbons (Fsp3) is 0.375. The lowest BCUT2D eigenvalue weighted by Crippen LogP contribution is -2.19. The summed E-state index contributed by atoms with van der Waals surface area (Å²) in [4.78, 5) is 13.8. The molecule has 7 heteroatoms. The molecule has 0 bridgehead atoms. The van der Waals surface area contributed by atoms with Crippen LogP contribution in [0.25, 0.3) is 0 Å². The van der Waals surface area contributed by atoms with Crippen LogP contribution >= 0.6 is 34.5 Å². The van der Waals surface area contributed by atoms with Gasteiger partial charge in [0.1, 0.15) is 10.3 Å². The maximum Gasteiger partial charge on any atom is 0.229 e. The van der Waals surface area contributed by atoms with Crippen LogP contribution in [0, 0.1) is 17.3 Å². The molecule has 0 unspecified atom stereocenters. The molecule has 2 aromatic heterocycles. The van der Waals surface area contributed by atoms with Gasteiger partial charge < -0.3 is 5.32 Å². The van der Waals surface area contributed by atoms with Gasteiger partial charge in [-0.05, 0) is 28.9 Å². The van der Waals surface area contributed by atoms with Crippen molar-refractivity contribution in [3.8, 4) is 0 Å². The van der Waals surface area contributed by atoms with Crippen molar-refractivity contribution in [1.29, 1.82) is 0 Å². The minimum absolute atomic E-state index is 0.0289. The standard InChI is InChI=1S/C16H17Cl2N3OS/c1-16(2)11(8-12(17)18)14(16)15(22)20-13-5-6-19-21(13)9-10-4-3-7-23-10/h3-8,11,14H,9H2,1-2H3,(H,20,22)/t11-,14+/m1/s1. The Morgan fingerprint density at radius 3 is 2.91 bits per heavy atom. The van der Waals surface area contributed by atoms with Crippen molar-refractivity contribution in [2.75, 3.05) is 5.32 Å². The summed E-state index contributed by atoms with van der Waals surface area (Å²) >= 11 is 13.1. The smallest absolute Gasteiger partial charge is 0.229 e. The highest BCUT2D eigenvalue weighted by Gasteiger charge is 2.60. The van der Waals surface area contributed by atoms with Gasteiger partial charge in [0, 0.05) is 10.9 Å². The fourth-order valence-electron chi connectivity index (χ4n) is 2.94. The minimum atomic E-state index is -0.141. The number of hydrogen-bond acceptors (Lipinski definition) is 3. The van der Waals surface area contributed by atoms with Crippen LogP contribution in [0.4, 0.5) is 5.82 Å². The highest BCUT2D eigenvalue weighted by Crippen LogP contribution is 2.60. The Morgan fingerprint density at radius 2 is 2.26 bits per heavy atom. The van der Waals surface area contributed by atoms with Gasteiger partial charge in [-0.2, -0.15) is 5.10 Å². The zero-order chi connectivity index (χ0) is 16.6. The second kappa shape index (κ2) is 6.30. The third kappa shape index (κ3) is 3.47. The molecule has 1 saturated carbocycles. The molecule has 0 saturated heterocycles. The number of amides is 1. The highest BCUT2D eigenvalue weighted by molar-refractivity contribution is 7.09. The number of thiophene rings is 1. The summed E-state index contributed by atoms with van der Waals surface area (Å²) in [7, 11) is 0. The molecule has 1 aliphatic rings. The molecule has 0 aromatic carbocycles. The van der Waals surface area contributed by atoms with Gasteiger partial charge in [0.15, 0.2) is 0 Å². The van der Waals surface area contributed by atoms with E-state index in [2.05, 4.69) is 10.4 Å². The van der Waals surface area contributed by atoms with Gasteiger partial charge in [0.2, 0.25) is 5.91 Å². The molecule has 1 amide bonds. The van der Waals surface area contributed by atoms with E-state index in [-0.39, 0.29) is 27.6 Å². The van der Waals surface area contributed by atoms with Gasteiger partial charge in [0.25, 0.3) is 0 Å². The van der Waals surface area contributed by atoms with Crippen LogP contribution in [0.3, 0.4) is 0 Å². The largest absolute Gasteiger partial charge is 0.311 e. The molecule has 4 nitrogen and oxygen atoms in total. The summed E-state index contributed by atoms with van der Waals surface area (Å²) in [6.07, 6.45) is 3.44. The molecular weight excluding hydrogens is 353 g/mol. The first-order valence-corrected chi connectivity index (χ1v) is 8.91. The van der Waals surface area contributed by atoms with Gasteiger partial charge in [-0.15, -0.1) is 11.3 Å². The molecule has 0 aliphatic heterocycles. The number of halogens is 2. The summed E-state index contributed by atoms with van der Waals surface area (Å²) in [5.74, 6) is 0.589. The second-order valence-corrected chi connectivity index (χ2v) is 8.26. The SMILES string of the molecule is CC1(C)[C@H](C=C(Cl)Cl)[C@H]1C(=O)Nc1ccnn1Cc1cccs1. The van der Waals surface area contributed by atoms with Gasteiger partial charge in [-0.25, -0.2) is 4.68 Å². The number of carbonyl (C=O) groups excluding carboxylic acids is 1. The number of anilines is 1. The van der Waals surface area contributed by atoms with Crippen molar-refractivity contribution in [1.82, 2.24) is 9.78 Å². The van der Waals surface area contributed by atoms with E-state index >= 15 is 0 Å². The summed E-state index contributed by atoms with van der Waals surface area (Å²) in [5.41, 5.74) is -0.141. The van der Waals surface area contributed by atoms with E-state index in [1.807, 2.05) is 31.4 Å². The van der Waals surface area contributed by atoms with Crippen LogP contribution in [0.15, 0.2) is 40.3 Å². The molecule has 23 heavy (non-hydrogen) atoms. The molecule has 2 heterocycles. The Hall–Kier alpha value is -1.30. The first kappa shape index (κ1) is 16.6. The van der Waals surface area contributed by atoms with Gasteiger partial charge in [-0.1, -0.05) is 43.1 Å². The van der Waals surface area contributed by atoms with E-state index in [0.29, 0.717) is 12.4 Å². The van der Waals surface area contributed by atoms with Crippen molar-refractivity contribution in [2.45, 2.75) is 20.4 Å². The molecule has 2 aromatic rings. The maximum absolute atomic E-state index is 12.6. The average Bonchev–Trinajstić information content (AvgIpc) is 2.91. The fourth-order valence-corrected chi connectivity index (χ4v) is 3.90. The number of rotatable bonds is 5. The molecule has 122 valence electrons. The predicted molar refractivity (Wildman–Crippen MR) is 94.8 cm³/mol. The molecular formula is C16H17Cl2N3OS. The van der Waals surface area contributed by atoms with E-state index in [0.717, 1.165) is 0 Å². The first-order chi connectivity index (χ1) is 10.9. The van der Waals surface area contributed by atoms with Crippen LogP contribution in [0.2, 0.25) is 0 Å². The lowest BCUT2D eigenvalue weighted by atomic mass is 10.1. The molecule has 1 N–H and O–H groups in total. The Kier molecular flexibility index (Phi) is 4.54. The predicted octanol–water partition coefficient (Wildman–Crippen LogP) is 4.52. The van der Waals surface area contributed by atoms with Gasteiger partial charge in [0.05, 0.1) is 18.7 Å². The van der Waals surface area contributed by atoms with Gasteiger partial charge >= 0.3 is 0 Å². The number of hydrogen-bond donors (Lipinski definition) is 1. The molecule has 2 atom stereocenters. The lowest BCUT2D eigenvalue weighted by molar-refractivity contribution is -0.118. The van der Waals surface area contributed by atoms with E-state index in [4.69, 9.17) is 23.2 Å². The second-order valence-electron chi connectivity index (χ2n) is 6.22. The van der Waals surface area contributed by atoms with Gasteiger partial charge in [-0.3, -0.25) is 4.79 Å². The Morgan fingerprint density at radius 1 is 1.48 bits per heavy atom. The summed E-state index contributed by atoms with van der Waals surface area (Å²) in [6, 6.07) is 5.85. The zero-order valence-electron chi connectivity index (χ0n) is 12.8. The number of nitrogens with one attached hydrogen (secondary N) is 1. The van der Waals surface area contributed by atoms with Crippen molar-refractivity contribution >= 4 is 46.3 Å². The van der Waals surface area contributed by atoms with Crippen LogP contribution in [0.5, 0.6) is 0 Å². The number of allylic oxidation sites excluding steroid dienone is 1. The average molecular weight is 370 g/mol. The molecule has 0 radical (unpaired) electrons. The topological polar surface area (TPSA) is 46.9 Å². The third-order valence-electron chi connectivity index (χ3n) is 4.35.